The van der Waals surface area contributed by atoms with Gasteiger partial charge in [0, 0.05) is 0 Å². The van der Waals surface area contributed by atoms with Gasteiger partial charge in [0.2, 0.25) is 5.91 Å². The molecule has 0 aliphatic carbocycles. The molecule has 0 spiro atoms. The van der Waals surface area contributed by atoms with E-state index in [0.29, 0.717) is 6.42 Å². The molecule has 0 saturated heterocycles. The quantitative estimate of drug-likeness (QED) is 0.483. The normalized spacial score (nSPS) is 17.4. The minimum Gasteiger partial charge on any atom is -0.368 e. The van der Waals surface area contributed by atoms with Crippen LogP contribution in [0.3, 0.4) is 0 Å². The fourth-order valence-electron chi connectivity index (χ4n) is 0.174. The molecule has 0 heterocycles. The number of rotatable bonds is 2. The highest BCUT2D eigenvalue weighted by atomic mass is 16.2. The van der Waals surface area contributed by atoms with Gasteiger partial charge >= 0.3 is 0 Å². The van der Waals surface area contributed by atoms with Gasteiger partial charge in [-0.15, -0.1) is 0 Å². The first-order valence-electron chi connectivity index (χ1n) is 2.59. The van der Waals surface area contributed by atoms with Crippen molar-refractivity contribution >= 4 is 5.91 Å². The molecule has 1 atom stereocenters. The highest BCUT2D eigenvalue weighted by molar-refractivity contribution is 5.83. The minimum atomic E-state index is -0.819. The molecule has 1 unspecified atom stereocenters. The number of carbonyl (C=O) groups excluding carboxylic acids is 1. The summed E-state index contributed by atoms with van der Waals surface area (Å²) in [7, 11) is 0. The summed E-state index contributed by atoms with van der Waals surface area (Å²) < 4.78 is 0. The Kier molecular flexibility index (Phi) is 1.98. The largest absolute Gasteiger partial charge is 0.368 e. The third-order valence-corrected chi connectivity index (χ3v) is 1.30. The molecule has 0 aliphatic rings. The lowest BCUT2D eigenvalue weighted by atomic mass is 10.0. The first-order valence-corrected chi connectivity index (χ1v) is 2.59. The number of nitrogens with two attached hydrogens (primary N) is 2. The van der Waals surface area contributed by atoms with Crippen LogP contribution in [0.25, 0.3) is 0 Å². The summed E-state index contributed by atoms with van der Waals surface area (Å²) in [6.07, 6.45) is 0.586. The van der Waals surface area contributed by atoms with Crippen molar-refractivity contribution in [3.8, 4) is 0 Å². The van der Waals surface area contributed by atoms with Gasteiger partial charge in [-0.25, -0.2) is 0 Å². The molecular weight excluding hydrogens is 105 g/mol. The Labute approximate surface area is 49.0 Å². The smallest absolute Gasteiger partial charge is 0.237 e. The molecule has 0 rings (SSSR count). The summed E-state index contributed by atoms with van der Waals surface area (Å²) in [6.45, 7) is 3.44. The molecule has 0 aromatic carbocycles. The van der Waals surface area contributed by atoms with Crippen LogP contribution < -0.4 is 11.5 Å². The second kappa shape index (κ2) is 2.13. The monoisotopic (exact) mass is 117 g/mol. The van der Waals surface area contributed by atoms with Gasteiger partial charge in [-0.2, -0.15) is 0 Å². The fraction of sp³-hybridized carbons (Fsp3) is 0.800. The molecule has 0 aromatic heterocycles. The average Bonchev–Trinajstić information content (AvgIpc) is 1.67. The zero-order chi connectivity index (χ0) is 6.78. The van der Waals surface area contributed by atoms with Crippen molar-refractivity contribution in [2.45, 2.75) is 25.8 Å². The lowest BCUT2D eigenvalue weighted by Gasteiger charge is -2.16. The predicted molar refractivity (Wildman–Crippen MR) is 32.1 cm³/mol. The van der Waals surface area contributed by atoms with Crippen molar-refractivity contribution in [2.24, 2.45) is 11.5 Å². The Morgan fingerprint density at radius 3 is 2.12 bits per heavy atom. The number of carbonyl (C=O) groups is 1. The maximum absolute atomic E-state index is 10.3. The van der Waals surface area contributed by atoms with Gasteiger partial charge in [-0.05, 0) is 13.3 Å². The number of hydrogen-bond donors (Lipinski definition) is 2. The Bertz CT molecular complexity index is 98.6. The summed E-state index contributed by atoms with van der Waals surface area (Å²) in [5.74, 6) is -0.444. The predicted octanol–water partition coefficient (Wildman–Crippen LogP) is -0.401. The Morgan fingerprint density at radius 1 is 1.75 bits per heavy atom. The molecule has 3 heteroatoms. The summed E-state index contributed by atoms with van der Waals surface area (Å²) in [6, 6.07) is 0. The maximum Gasteiger partial charge on any atom is 0.237 e. The molecular formula is C5H12N2O. The molecule has 8 heavy (non-hydrogen) atoms. The highest BCUT2D eigenvalue weighted by Gasteiger charge is 2.21. The Morgan fingerprint density at radius 2 is 2.12 bits per heavy atom. The van der Waals surface area contributed by atoms with Crippen molar-refractivity contribution in [1.29, 1.82) is 0 Å². The molecule has 1 amide bonds. The summed E-state index contributed by atoms with van der Waals surface area (Å²) in [5, 5.41) is 0. The lowest BCUT2D eigenvalue weighted by Crippen LogP contribution is -2.48. The van der Waals surface area contributed by atoms with E-state index in [9.17, 15) is 4.79 Å². The van der Waals surface area contributed by atoms with Gasteiger partial charge in [0.15, 0.2) is 0 Å². The molecule has 0 saturated carbocycles. The van der Waals surface area contributed by atoms with Crippen molar-refractivity contribution in [3.63, 3.8) is 0 Å². The Balaban J connectivity index is 3.91. The van der Waals surface area contributed by atoms with Crippen molar-refractivity contribution in [1.82, 2.24) is 0 Å². The summed E-state index contributed by atoms with van der Waals surface area (Å²) >= 11 is 0. The van der Waals surface area contributed by atoms with Crippen LogP contribution in [0.5, 0.6) is 0 Å². The van der Waals surface area contributed by atoms with Gasteiger partial charge in [0.25, 0.3) is 0 Å². The third-order valence-electron chi connectivity index (χ3n) is 1.30. The van der Waals surface area contributed by atoms with Gasteiger partial charge < -0.3 is 11.5 Å². The van der Waals surface area contributed by atoms with E-state index in [-0.39, 0.29) is 0 Å². The molecule has 0 aliphatic heterocycles. The van der Waals surface area contributed by atoms with Crippen molar-refractivity contribution in [3.05, 3.63) is 0 Å². The lowest BCUT2D eigenvalue weighted by molar-refractivity contribution is -0.122. The van der Waals surface area contributed by atoms with E-state index in [4.69, 9.17) is 11.5 Å². The maximum atomic E-state index is 10.3. The van der Waals surface area contributed by atoms with E-state index in [1.807, 2.05) is 6.92 Å². The van der Waals surface area contributed by atoms with E-state index in [1.165, 1.54) is 0 Å². The van der Waals surface area contributed by atoms with E-state index >= 15 is 0 Å². The topological polar surface area (TPSA) is 69.1 Å². The minimum absolute atomic E-state index is 0.444. The summed E-state index contributed by atoms with van der Waals surface area (Å²) in [4.78, 5) is 10.3. The fourth-order valence-corrected chi connectivity index (χ4v) is 0.174. The van der Waals surface area contributed by atoms with Gasteiger partial charge in [0.1, 0.15) is 0 Å². The summed E-state index contributed by atoms with van der Waals surface area (Å²) in [5.41, 5.74) is 9.48. The van der Waals surface area contributed by atoms with Crippen LogP contribution in [0.15, 0.2) is 0 Å². The third kappa shape index (κ3) is 1.50. The molecule has 4 N–H and O–H groups in total. The zero-order valence-corrected chi connectivity index (χ0v) is 5.27. The molecule has 0 bridgehead atoms. The van der Waals surface area contributed by atoms with Gasteiger partial charge in [0.05, 0.1) is 5.54 Å². The number of hydrogen-bond acceptors (Lipinski definition) is 2. The van der Waals surface area contributed by atoms with Gasteiger partial charge in [-0.3, -0.25) is 4.79 Å². The van der Waals surface area contributed by atoms with Crippen LogP contribution >= 0.6 is 0 Å². The molecule has 3 nitrogen and oxygen atoms in total. The van der Waals surface area contributed by atoms with Crippen molar-refractivity contribution < 1.29 is 4.79 Å². The number of amides is 1. The van der Waals surface area contributed by atoms with E-state index in [0.717, 1.165) is 0 Å². The Hall–Kier alpha value is -0.570. The van der Waals surface area contributed by atoms with E-state index in [2.05, 4.69) is 0 Å². The second-order valence-electron chi connectivity index (χ2n) is 2.14. The van der Waals surface area contributed by atoms with Crippen LogP contribution in [-0.2, 0) is 4.79 Å². The van der Waals surface area contributed by atoms with Crippen LogP contribution in [-0.4, -0.2) is 11.4 Å². The first kappa shape index (κ1) is 7.43. The SMILES string of the molecule is CCC(C)([15NH2])C(N)=O. The molecule has 48 valence electrons. The first-order chi connectivity index (χ1) is 3.50. The number of primary amides is 1. The van der Waals surface area contributed by atoms with Crippen LogP contribution in [0.2, 0.25) is 0 Å². The average molecular weight is 117 g/mol. The van der Waals surface area contributed by atoms with E-state index in [1.54, 1.807) is 6.92 Å². The highest BCUT2D eigenvalue weighted by Crippen LogP contribution is 2.01. The zero-order valence-electron chi connectivity index (χ0n) is 5.27. The van der Waals surface area contributed by atoms with E-state index < -0.39 is 11.4 Å². The van der Waals surface area contributed by atoms with Crippen LogP contribution in [0.1, 0.15) is 20.3 Å². The van der Waals surface area contributed by atoms with Crippen LogP contribution in [0, 0.1) is 0 Å². The molecule has 0 radical (unpaired) electrons. The van der Waals surface area contributed by atoms with Crippen LogP contribution in [0.4, 0.5) is 0 Å². The second-order valence-corrected chi connectivity index (χ2v) is 2.14. The standard InChI is InChI=1S/C5H12N2O/c1-3-5(2,7)4(6)8/h3,7H2,1-2H3,(H2,6,8)/i7+1. The van der Waals surface area contributed by atoms with Gasteiger partial charge in [-0.1, -0.05) is 6.92 Å². The van der Waals surface area contributed by atoms with Crippen molar-refractivity contribution in [2.75, 3.05) is 0 Å². The molecule has 0 fully saturated rings. The molecule has 0 aromatic rings.